The van der Waals surface area contributed by atoms with Gasteiger partial charge in [-0.05, 0) is 33.6 Å². The van der Waals surface area contributed by atoms with Gasteiger partial charge in [0.15, 0.2) is 0 Å². The second kappa shape index (κ2) is 4.81. The molecule has 0 aromatic heterocycles. The fraction of sp³-hybridized carbons (Fsp3) is 0.900. The average Bonchev–Trinajstić information content (AvgIpc) is 2.45. The van der Waals surface area contributed by atoms with Gasteiger partial charge in [0.05, 0.1) is 11.8 Å². The molecule has 1 heterocycles. The lowest BCUT2D eigenvalue weighted by molar-refractivity contribution is 0.0241. The summed E-state index contributed by atoms with van der Waals surface area (Å²) in [6.07, 6.45) is 0.957. The lowest BCUT2D eigenvalue weighted by Crippen LogP contribution is -2.43. The number of rotatable bonds is 2. The number of amides is 1. The first-order valence-electron chi connectivity index (χ1n) is 5.58. The third-order valence-electron chi connectivity index (χ3n) is 2.43. The van der Waals surface area contributed by atoms with E-state index in [1.165, 1.54) is 4.90 Å². The van der Waals surface area contributed by atoms with E-state index in [9.17, 15) is 13.2 Å². The van der Waals surface area contributed by atoms with Gasteiger partial charge in [0.1, 0.15) is 5.60 Å². The molecule has 7 heteroatoms. The van der Waals surface area contributed by atoms with E-state index >= 15 is 0 Å². The molecule has 1 aliphatic rings. The van der Waals surface area contributed by atoms with Gasteiger partial charge in [0.2, 0.25) is 10.0 Å². The minimum absolute atomic E-state index is 0.202. The summed E-state index contributed by atoms with van der Waals surface area (Å²) < 4.78 is 27.3. The Morgan fingerprint density at radius 1 is 1.47 bits per heavy atom. The minimum Gasteiger partial charge on any atom is -0.444 e. The maximum Gasteiger partial charge on any atom is 0.410 e. The second-order valence-electron chi connectivity index (χ2n) is 5.30. The number of sulfonamides is 1. The van der Waals surface area contributed by atoms with E-state index in [1.807, 2.05) is 0 Å². The molecular weight excluding hydrogens is 244 g/mol. The van der Waals surface area contributed by atoms with Crippen molar-refractivity contribution in [2.75, 3.05) is 12.3 Å². The molecule has 1 rings (SSSR count). The summed E-state index contributed by atoms with van der Waals surface area (Å²) in [5.74, 6) is -0.202. The van der Waals surface area contributed by atoms with Gasteiger partial charge in [-0.1, -0.05) is 0 Å². The molecule has 0 spiro atoms. The highest BCUT2D eigenvalue weighted by atomic mass is 32.2. The van der Waals surface area contributed by atoms with E-state index in [-0.39, 0.29) is 11.8 Å². The summed E-state index contributed by atoms with van der Waals surface area (Å²) in [5.41, 5.74) is -0.578. The van der Waals surface area contributed by atoms with Crippen LogP contribution in [0.25, 0.3) is 0 Å². The van der Waals surface area contributed by atoms with Gasteiger partial charge in [-0.2, -0.15) is 0 Å². The van der Waals surface area contributed by atoms with E-state index in [4.69, 9.17) is 9.88 Å². The largest absolute Gasteiger partial charge is 0.444 e. The minimum atomic E-state index is -3.57. The highest BCUT2D eigenvalue weighted by Crippen LogP contribution is 2.21. The molecule has 1 atom stereocenters. The number of primary sulfonamides is 1. The molecule has 1 aliphatic heterocycles. The third kappa shape index (κ3) is 4.91. The lowest BCUT2D eigenvalue weighted by Gasteiger charge is -2.28. The van der Waals surface area contributed by atoms with E-state index in [2.05, 4.69) is 0 Å². The topological polar surface area (TPSA) is 89.7 Å². The zero-order valence-electron chi connectivity index (χ0n) is 10.5. The van der Waals surface area contributed by atoms with Crippen molar-refractivity contribution in [1.82, 2.24) is 4.90 Å². The molecule has 0 aliphatic carbocycles. The second-order valence-corrected chi connectivity index (χ2v) is 6.96. The maximum absolute atomic E-state index is 11.8. The average molecular weight is 264 g/mol. The van der Waals surface area contributed by atoms with E-state index in [1.54, 1.807) is 20.8 Å². The number of hydrogen-bond acceptors (Lipinski definition) is 4. The zero-order chi connectivity index (χ0) is 13.3. The van der Waals surface area contributed by atoms with Crippen molar-refractivity contribution in [3.05, 3.63) is 0 Å². The Morgan fingerprint density at radius 3 is 2.53 bits per heavy atom. The van der Waals surface area contributed by atoms with Gasteiger partial charge in [0.25, 0.3) is 0 Å². The summed E-state index contributed by atoms with van der Waals surface area (Å²) in [6, 6.07) is -0.361. The standard InChI is InChI=1S/C10H20N2O4S/c1-10(2,3)16-9(13)12-6-4-5-8(12)7-17(11,14)15/h8H,4-7H2,1-3H3,(H2,11,14,15). The molecule has 0 radical (unpaired) electrons. The van der Waals surface area contributed by atoms with Gasteiger partial charge in [0, 0.05) is 6.54 Å². The van der Waals surface area contributed by atoms with Crippen molar-refractivity contribution < 1.29 is 17.9 Å². The molecule has 1 saturated heterocycles. The summed E-state index contributed by atoms with van der Waals surface area (Å²) >= 11 is 0. The molecule has 0 bridgehead atoms. The number of nitrogens with zero attached hydrogens (tertiary/aromatic N) is 1. The molecule has 0 aromatic carbocycles. The van der Waals surface area contributed by atoms with Gasteiger partial charge in [-0.25, -0.2) is 18.4 Å². The van der Waals surface area contributed by atoms with Crippen LogP contribution in [0.3, 0.4) is 0 Å². The quantitative estimate of drug-likeness (QED) is 0.794. The molecule has 17 heavy (non-hydrogen) atoms. The van der Waals surface area contributed by atoms with E-state index < -0.39 is 21.7 Å². The maximum atomic E-state index is 11.8. The smallest absolute Gasteiger partial charge is 0.410 e. The SMILES string of the molecule is CC(C)(C)OC(=O)N1CCCC1CS(N)(=O)=O. The summed E-state index contributed by atoms with van der Waals surface area (Å²) in [6.45, 7) is 5.84. The predicted octanol–water partition coefficient (Wildman–Crippen LogP) is 0.674. The summed E-state index contributed by atoms with van der Waals surface area (Å²) in [5, 5.41) is 5.00. The lowest BCUT2D eigenvalue weighted by atomic mass is 10.2. The van der Waals surface area contributed by atoms with Crippen LogP contribution in [0.15, 0.2) is 0 Å². The van der Waals surface area contributed by atoms with Crippen molar-refractivity contribution >= 4 is 16.1 Å². The number of carbonyl (C=O) groups excluding carboxylic acids is 1. The molecule has 0 saturated carbocycles. The first-order chi connectivity index (χ1) is 7.58. The van der Waals surface area contributed by atoms with Crippen LogP contribution in [-0.2, 0) is 14.8 Å². The van der Waals surface area contributed by atoms with Crippen LogP contribution in [0, 0.1) is 0 Å². The van der Waals surface area contributed by atoms with Gasteiger partial charge < -0.3 is 9.64 Å². The fourth-order valence-electron chi connectivity index (χ4n) is 1.84. The Hall–Kier alpha value is -0.820. The number of hydrogen-bond donors (Lipinski definition) is 1. The van der Waals surface area contributed by atoms with E-state index in [0.717, 1.165) is 6.42 Å². The van der Waals surface area contributed by atoms with Crippen molar-refractivity contribution in [2.45, 2.75) is 45.3 Å². The summed E-state index contributed by atoms with van der Waals surface area (Å²) in [4.78, 5) is 13.3. The van der Waals surface area contributed by atoms with Gasteiger partial charge in [-0.15, -0.1) is 0 Å². The number of nitrogens with two attached hydrogens (primary N) is 1. The molecule has 100 valence electrons. The van der Waals surface area contributed by atoms with Crippen LogP contribution in [0.4, 0.5) is 4.79 Å². The summed E-state index contributed by atoms with van der Waals surface area (Å²) in [7, 11) is -3.57. The predicted molar refractivity (Wildman–Crippen MR) is 63.9 cm³/mol. The highest BCUT2D eigenvalue weighted by Gasteiger charge is 2.34. The van der Waals surface area contributed by atoms with Crippen LogP contribution in [0.2, 0.25) is 0 Å². The molecule has 0 aromatic rings. The molecule has 1 amide bonds. The Kier molecular flexibility index (Phi) is 4.03. The Morgan fingerprint density at radius 2 is 2.06 bits per heavy atom. The van der Waals surface area contributed by atoms with Crippen molar-refractivity contribution in [1.29, 1.82) is 0 Å². The molecular formula is C10H20N2O4S. The van der Waals surface area contributed by atoms with E-state index in [0.29, 0.717) is 13.0 Å². The number of likely N-dealkylation sites (tertiary alicyclic amines) is 1. The Labute approximate surface area is 102 Å². The normalized spacial score (nSPS) is 21.6. The van der Waals surface area contributed by atoms with Crippen molar-refractivity contribution in [2.24, 2.45) is 5.14 Å². The monoisotopic (exact) mass is 264 g/mol. The van der Waals surface area contributed by atoms with Gasteiger partial charge >= 0.3 is 6.09 Å². The molecule has 1 fully saturated rings. The molecule has 2 N–H and O–H groups in total. The third-order valence-corrected chi connectivity index (χ3v) is 3.28. The fourth-order valence-corrected chi connectivity index (χ4v) is 2.72. The van der Waals surface area contributed by atoms with Crippen molar-refractivity contribution in [3.63, 3.8) is 0 Å². The van der Waals surface area contributed by atoms with Crippen LogP contribution < -0.4 is 5.14 Å². The number of carbonyl (C=O) groups is 1. The molecule has 1 unspecified atom stereocenters. The van der Waals surface area contributed by atoms with Crippen LogP contribution in [0.1, 0.15) is 33.6 Å². The Bertz CT molecular complexity index is 386. The first-order valence-corrected chi connectivity index (χ1v) is 7.30. The van der Waals surface area contributed by atoms with Crippen LogP contribution in [0.5, 0.6) is 0 Å². The van der Waals surface area contributed by atoms with Crippen LogP contribution in [-0.4, -0.2) is 43.4 Å². The number of ether oxygens (including phenoxy) is 1. The highest BCUT2D eigenvalue weighted by molar-refractivity contribution is 7.89. The van der Waals surface area contributed by atoms with Gasteiger partial charge in [-0.3, -0.25) is 0 Å². The Balaban J connectivity index is 2.66. The van der Waals surface area contributed by atoms with Crippen LogP contribution >= 0.6 is 0 Å². The van der Waals surface area contributed by atoms with Crippen molar-refractivity contribution in [3.8, 4) is 0 Å². The first kappa shape index (κ1) is 14.2. The molecule has 6 nitrogen and oxygen atoms in total. The zero-order valence-corrected chi connectivity index (χ0v) is 11.3.